The van der Waals surface area contributed by atoms with Gasteiger partial charge in [-0.1, -0.05) is 28.1 Å². The van der Waals surface area contributed by atoms with Crippen LogP contribution in [-0.4, -0.2) is 22.0 Å². The quantitative estimate of drug-likeness (QED) is 0.750. The molecule has 0 bridgehead atoms. The van der Waals surface area contributed by atoms with Crippen LogP contribution in [-0.2, 0) is 6.42 Å². The predicted molar refractivity (Wildman–Crippen MR) is 90.1 cm³/mol. The monoisotopic (exact) mass is 358 g/mol. The van der Waals surface area contributed by atoms with Crippen molar-refractivity contribution in [1.82, 2.24) is 14.7 Å². The molecule has 0 radical (unpaired) electrons. The first-order valence-corrected chi connectivity index (χ1v) is 7.73. The summed E-state index contributed by atoms with van der Waals surface area (Å²) in [5.74, 6) is 0. The second-order valence-corrected chi connectivity index (χ2v) is 5.76. The van der Waals surface area contributed by atoms with Crippen LogP contribution in [0, 0.1) is 0 Å². The van der Waals surface area contributed by atoms with Crippen LogP contribution in [0.5, 0.6) is 0 Å². The molecule has 2 amide bonds. The minimum Gasteiger partial charge on any atom is -0.337 e. The standard InChI is InChI=1S/C16H15BrN4O/c17-12-4-3-5-13(10-12)20-16(22)18-8-7-14-11-21-9-2-1-6-15(21)19-14/h1-6,9-11H,7-8H2,(H2,18,20,22). The number of hydrogen-bond donors (Lipinski definition) is 2. The van der Waals surface area contributed by atoms with E-state index in [1.165, 1.54) is 0 Å². The summed E-state index contributed by atoms with van der Waals surface area (Å²) in [6.07, 6.45) is 4.62. The number of nitrogens with zero attached hydrogens (tertiary/aromatic N) is 2. The maximum atomic E-state index is 11.8. The molecule has 0 saturated heterocycles. The second-order valence-electron chi connectivity index (χ2n) is 4.84. The maximum absolute atomic E-state index is 11.8. The van der Waals surface area contributed by atoms with E-state index in [2.05, 4.69) is 31.5 Å². The van der Waals surface area contributed by atoms with Crippen molar-refractivity contribution in [2.75, 3.05) is 11.9 Å². The van der Waals surface area contributed by atoms with Crippen LogP contribution in [0.4, 0.5) is 10.5 Å². The van der Waals surface area contributed by atoms with E-state index in [0.29, 0.717) is 13.0 Å². The third-order valence-electron chi connectivity index (χ3n) is 3.16. The second kappa shape index (κ2) is 6.62. The zero-order valence-corrected chi connectivity index (χ0v) is 13.4. The summed E-state index contributed by atoms with van der Waals surface area (Å²) in [7, 11) is 0. The average Bonchev–Trinajstić information content (AvgIpc) is 2.90. The minimum absolute atomic E-state index is 0.220. The smallest absolute Gasteiger partial charge is 0.319 e. The van der Waals surface area contributed by atoms with Crippen LogP contribution < -0.4 is 10.6 Å². The molecule has 2 aromatic heterocycles. The molecule has 0 aliphatic heterocycles. The molecule has 5 nitrogen and oxygen atoms in total. The molecule has 2 heterocycles. The van der Waals surface area contributed by atoms with Crippen molar-refractivity contribution in [2.24, 2.45) is 0 Å². The van der Waals surface area contributed by atoms with Crippen LogP contribution in [0.15, 0.2) is 59.3 Å². The zero-order valence-electron chi connectivity index (χ0n) is 11.8. The average molecular weight is 359 g/mol. The van der Waals surface area contributed by atoms with Gasteiger partial charge in [-0.2, -0.15) is 0 Å². The molecular formula is C16H15BrN4O. The topological polar surface area (TPSA) is 58.4 Å². The molecule has 3 aromatic rings. The van der Waals surface area contributed by atoms with E-state index < -0.39 is 0 Å². The highest BCUT2D eigenvalue weighted by Gasteiger charge is 2.04. The van der Waals surface area contributed by atoms with E-state index in [4.69, 9.17) is 0 Å². The van der Waals surface area contributed by atoms with Crippen LogP contribution in [0.1, 0.15) is 5.69 Å². The highest BCUT2D eigenvalue weighted by molar-refractivity contribution is 9.10. The van der Waals surface area contributed by atoms with Gasteiger partial charge in [0.1, 0.15) is 5.65 Å². The van der Waals surface area contributed by atoms with Gasteiger partial charge in [0.15, 0.2) is 0 Å². The number of urea groups is 1. The Hall–Kier alpha value is -2.34. The summed E-state index contributed by atoms with van der Waals surface area (Å²) in [5, 5.41) is 5.62. The molecule has 0 aliphatic carbocycles. The van der Waals surface area contributed by atoms with E-state index in [-0.39, 0.29) is 6.03 Å². The van der Waals surface area contributed by atoms with Crippen molar-refractivity contribution in [3.8, 4) is 0 Å². The van der Waals surface area contributed by atoms with E-state index >= 15 is 0 Å². The lowest BCUT2D eigenvalue weighted by Gasteiger charge is -2.07. The largest absolute Gasteiger partial charge is 0.337 e. The van der Waals surface area contributed by atoms with Gasteiger partial charge >= 0.3 is 6.03 Å². The molecule has 0 aliphatic rings. The lowest BCUT2D eigenvalue weighted by molar-refractivity contribution is 0.252. The Morgan fingerprint density at radius 3 is 2.95 bits per heavy atom. The van der Waals surface area contributed by atoms with Gasteiger partial charge in [0.25, 0.3) is 0 Å². The summed E-state index contributed by atoms with van der Waals surface area (Å²) in [6, 6.07) is 13.1. The SMILES string of the molecule is O=C(NCCc1cn2ccccc2n1)Nc1cccc(Br)c1. The van der Waals surface area contributed by atoms with Gasteiger partial charge in [-0.3, -0.25) is 0 Å². The molecule has 2 N–H and O–H groups in total. The van der Waals surface area contributed by atoms with Crippen molar-refractivity contribution < 1.29 is 4.79 Å². The molecule has 1 aromatic carbocycles. The number of rotatable bonds is 4. The van der Waals surface area contributed by atoms with Gasteiger partial charge in [0.05, 0.1) is 5.69 Å². The Bertz CT molecular complexity index is 766. The Morgan fingerprint density at radius 1 is 1.23 bits per heavy atom. The Labute approximate surface area is 136 Å². The number of halogens is 1. The lowest BCUT2D eigenvalue weighted by atomic mass is 10.3. The van der Waals surface area contributed by atoms with Crippen LogP contribution in [0.2, 0.25) is 0 Å². The Kier molecular flexibility index (Phi) is 4.39. The molecule has 0 spiro atoms. The fourth-order valence-electron chi connectivity index (χ4n) is 2.15. The van der Waals surface area contributed by atoms with Crippen molar-refractivity contribution in [2.45, 2.75) is 6.42 Å². The van der Waals surface area contributed by atoms with Crippen LogP contribution in [0.3, 0.4) is 0 Å². The Balaban J connectivity index is 1.51. The number of fused-ring (bicyclic) bond motifs is 1. The first-order chi connectivity index (χ1) is 10.7. The number of nitrogens with one attached hydrogen (secondary N) is 2. The van der Waals surface area contributed by atoms with Crippen molar-refractivity contribution in [1.29, 1.82) is 0 Å². The lowest BCUT2D eigenvalue weighted by Crippen LogP contribution is -2.30. The summed E-state index contributed by atoms with van der Waals surface area (Å²) in [5.41, 5.74) is 2.62. The third kappa shape index (κ3) is 3.65. The number of benzene rings is 1. The normalized spacial score (nSPS) is 10.6. The number of aromatic nitrogens is 2. The highest BCUT2D eigenvalue weighted by Crippen LogP contribution is 2.15. The van der Waals surface area contributed by atoms with Crippen molar-refractivity contribution >= 4 is 33.3 Å². The minimum atomic E-state index is -0.220. The summed E-state index contributed by atoms with van der Waals surface area (Å²) >= 11 is 3.37. The molecule has 0 fully saturated rings. The van der Waals surface area contributed by atoms with Crippen molar-refractivity contribution in [3.63, 3.8) is 0 Å². The molecule has 0 saturated carbocycles. The summed E-state index contributed by atoms with van der Waals surface area (Å²) < 4.78 is 2.90. The van der Waals surface area contributed by atoms with Gasteiger partial charge in [-0.15, -0.1) is 0 Å². The van der Waals surface area contributed by atoms with Gasteiger partial charge in [0.2, 0.25) is 0 Å². The van der Waals surface area contributed by atoms with Gasteiger partial charge in [-0.25, -0.2) is 9.78 Å². The van der Waals surface area contributed by atoms with Crippen LogP contribution in [0.25, 0.3) is 5.65 Å². The number of amides is 2. The highest BCUT2D eigenvalue weighted by atomic mass is 79.9. The van der Waals surface area contributed by atoms with Crippen molar-refractivity contribution in [3.05, 3.63) is 65.0 Å². The first-order valence-electron chi connectivity index (χ1n) is 6.94. The number of anilines is 1. The molecule has 6 heteroatoms. The number of carbonyl (C=O) groups is 1. The zero-order chi connectivity index (χ0) is 15.4. The van der Waals surface area contributed by atoms with E-state index in [1.54, 1.807) is 0 Å². The third-order valence-corrected chi connectivity index (χ3v) is 3.66. The molecule has 112 valence electrons. The number of carbonyl (C=O) groups excluding carboxylic acids is 1. The first kappa shape index (κ1) is 14.6. The molecule has 0 unspecified atom stereocenters. The van der Waals surface area contributed by atoms with Crippen LogP contribution >= 0.6 is 15.9 Å². The number of pyridine rings is 1. The number of hydrogen-bond acceptors (Lipinski definition) is 2. The fraction of sp³-hybridized carbons (Fsp3) is 0.125. The van der Waals surface area contributed by atoms with E-state index in [1.807, 2.05) is 59.3 Å². The summed E-state index contributed by atoms with van der Waals surface area (Å²) in [4.78, 5) is 16.3. The molecule has 22 heavy (non-hydrogen) atoms. The fourth-order valence-corrected chi connectivity index (χ4v) is 2.55. The number of imidazole rings is 1. The van der Waals surface area contributed by atoms with Gasteiger partial charge in [-0.05, 0) is 30.3 Å². The molecular weight excluding hydrogens is 344 g/mol. The molecule has 0 atom stereocenters. The molecule has 3 rings (SSSR count). The van der Waals surface area contributed by atoms with Gasteiger partial charge < -0.3 is 15.0 Å². The van der Waals surface area contributed by atoms with E-state index in [0.717, 1.165) is 21.5 Å². The maximum Gasteiger partial charge on any atom is 0.319 e. The van der Waals surface area contributed by atoms with E-state index in [9.17, 15) is 4.79 Å². The summed E-state index contributed by atoms with van der Waals surface area (Å²) in [6.45, 7) is 0.531. The predicted octanol–water partition coefficient (Wildman–Crippen LogP) is 3.46. The Morgan fingerprint density at radius 2 is 2.14 bits per heavy atom. The van der Waals surface area contributed by atoms with Gasteiger partial charge in [0, 0.05) is 35.5 Å².